The molecule has 0 bridgehead atoms. The van der Waals surface area contributed by atoms with Crippen LogP contribution in [0.3, 0.4) is 0 Å². The summed E-state index contributed by atoms with van der Waals surface area (Å²) in [7, 11) is 0. The van der Waals surface area contributed by atoms with Crippen molar-refractivity contribution in [2.75, 3.05) is 26.2 Å². The largest absolute Gasteiger partial charge is 0.416 e. The first-order valence-electron chi connectivity index (χ1n) is 11.8. The van der Waals surface area contributed by atoms with Crippen LogP contribution in [0, 0.1) is 0 Å². The molecule has 5 rings (SSSR count). The fraction of sp³-hybridized carbons (Fsp3) is 0.333. The van der Waals surface area contributed by atoms with E-state index in [0.717, 1.165) is 23.4 Å². The first-order valence-corrected chi connectivity index (χ1v) is 11.8. The second-order valence-corrected chi connectivity index (χ2v) is 9.04. The molecule has 0 aromatic heterocycles. The van der Waals surface area contributed by atoms with Gasteiger partial charge in [0.05, 0.1) is 24.2 Å². The number of carbonyl (C=O) groups is 1. The average molecular weight is 522 g/mol. The van der Waals surface area contributed by atoms with Gasteiger partial charge in [-0.1, -0.05) is 22.4 Å². The molecular weight excluding hydrogens is 501 g/mol. The Balaban J connectivity index is 1.38. The highest BCUT2D eigenvalue weighted by atomic mass is 19.4. The summed E-state index contributed by atoms with van der Waals surface area (Å²) in [6.07, 6.45) is -3.81. The van der Waals surface area contributed by atoms with Crippen molar-refractivity contribution < 1.29 is 18.0 Å². The molecule has 2 aromatic carbocycles. The van der Waals surface area contributed by atoms with Crippen LogP contribution in [0.4, 0.5) is 24.5 Å². The van der Waals surface area contributed by atoms with Gasteiger partial charge in [0.2, 0.25) is 5.96 Å². The number of halogens is 3. The lowest BCUT2D eigenvalue weighted by atomic mass is 9.99. The molecule has 11 nitrogen and oxygen atoms in total. The molecule has 0 saturated heterocycles. The summed E-state index contributed by atoms with van der Waals surface area (Å²) in [6, 6.07) is 9.67. The minimum atomic E-state index is -4.43. The third kappa shape index (κ3) is 5.00. The van der Waals surface area contributed by atoms with Gasteiger partial charge in [-0.25, -0.2) is 0 Å². The molecule has 0 atom stereocenters. The molecule has 0 radical (unpaired) electrons. The van der Waals surface area contributed by atoms with Crippen molar-refractivity contribution in [3.63, 3.8) is 0 Å². The highest BCUT2D eigenvalue weighted by molar-refractivity contribution is 6.09. The Morgan fingerprint density at radius 3 is 2.26 bits per heavy atom. The van der Waals surface area contributed by atoms with Gasteiger partial charge in [-0.3, -0.25) is 19.6 Å². The summed E-state index contributed by atoms with van der Waals surface area (Å²) in [4.78, 5) is 29.4. The summed E-state index contributed by atoms with van der Waals surface area (Å²) in [5.41, 5.74) is 20.4. The number of azide groups is 2. The minimum absolute atomic E-state index is 0.104. The molecule has 0 fully saturated rings. The monoisotopic (exact) mass is 522 g/mol. The number of benzene rings is 2. The number of aliphatic imine (C=N–C) groups is 1. The van der Waals surface area contributed by atoms with E-state index in [1.807, 2.05) is 4.90 Å². The number of hydrogen-bond acceptors (Lipinski definition) is 6. The van der Waals surface area contributed by atoms with E-state index < -0.39 is 11.7 Å². The molecule has 0 unspecified atom stereocenters. The Morgan fingerprint density at radius 1 is 0.947 bits per heavy atom. The van der Waals surface area contributed by atoms with Gasteiger partial charge in [-0.15, -0.1) is 0 Å². The Bertz CT molecular complexity index is 1400. The van der Waals surface area contributed by atoms with Gasteiger partial charge in [0.25, 0.3) is 5.91 Å². The van der Waals surface area contributed by atoms with Crippen LogP contribution in [-0.2, 0) is 24.1 Å². The standard InChI is InChI=1S/C24H21F3N10O/c25-24(26,27)17-3-1-15(2-4-17)13-37-22(38)20-14-35(7-5-21(20)36-8-6-30-23(36)37)12-16-9-18(31-33-28)11-19(10-16)32-34-29/h1-4,9-11H,5-8,12-14H2. The van der Waals surface area contributed by atoms with Crippen molar-refractivity contribution in [3.05, 3.63) is 91.3 Å². The van der Waals surface area contributed by atoms with Crippen LogP contribution in [0.2, 0.25) is 0 Å². The van der Waals surface area contributed by atoms with Gasteiger partial charge >= 0.3 is 6.18 Å². The third-order valence-corrected chi connectivity index (χ3v) is 6.59. The summed E-state index contributed by atoms with van der Waals surface area (Å²) < 4.78 is 38.9. The molecule has 0 N–H and O–H groups in total. The first-order chi connectivity index (χ1) is 18.3. The van der Waals surface area contributed by atoms with Crippen molar-refractivity contribution in [1.29, 1.82) is 0 Å². The Labute approximate surface area is 214 Å². The van der Waals surface area contributed by atoms with Crippen molar-refractivity contribution in [2.45, 2.75) is 25.7 Å². The summed E-state index contributed by atoms with van der Waals surface area (Å²) in [6.45, 7) is 2.70. The maximum absolute atomic E-state index is 13.7. The van der Waals surface area contributed by atoms with Crippen LogP contribution in [-0.4, -0.2) is 52.7 Å². The summed E-state index contributed by atoms with van der Waals surface area (Å²) in [5, 5.41) is 7.22. The topological polar surface area (TPSA) is 137 Å². The van der Waals surface area contributed by atoms with Crippen LogP contribution >= 0.6 is 0 Å². The number of guanidine groups is 1. The molecule has 38 heavy (non-hydrogen) atoms. The van der Waals surface area contributed by atoms with Crippen molar-refractivity contribution in [3.8, 4) is 0 Å². The second kappa shape index (κ2) is 10.1. The Kier molecular flexibility index (Phi) is 6.68. The molecule has 194 valence electrons. The van der Waals surface area contributed by atoms with Gasteiger partial charge in [0, 0.05) is 59.5 Å². The quantitative estimate of drug-likeness (QED) is 0.271. The maximum Gasteiger partial charge on any atom is 0.416 e. The van der Waals surface area contributed by atoms with Crippen molar-refractivity contribution in [1.82, 2.24) is 14.7 Å². The predicted molar refractivity (Wildman–Crippen MR) is 132 cm³/mol. The Morgan fingerprint density at radius 2 is 1.63 bits per heavy atom. The van der Waals surface area contributed by atoms with E-state index in [0.29, 0.717) is 67.6 Å². The lowest BCUT2D eigenvalue weighted by molar-refractivity contribution is -0.137. The van der Waals surface area contributed by atoms with Gasteiger partial charge in [-0.2, -0.15) is 13.2 Å². The van der Waals surface area contributed by atoms with Crippen LogP contribution in [0.5, 0.6) is 0 Å². The van der Waals surface area contributed by atoms with E-state index in [4.69, 9.17) is 11.1 Å². The van der Waals surface area contributed by atoms with Gasteiger partial charge < -0.3 is 4.90 Å². The molecule has 3 heterocycles. The molecule has 0 saturated carbocycles. The normalized spacial score (nSPS) is 17.4. The van der Waals surface area contributed by atoms with Crippen LogP contribution in [0.1, 0.15) is 23.1 Å². The number of carbonyl (C=O) groups excluding carboxylic acids is 1. The SMILES string of the molecule is [N-]=[N+]=Nc1cc(CN2CCC3=C(C2)C(=O)N(Cc2ccc(C(F)(F)F)cc2)C2=NCCN23)cc(N=[N+]=[N-])c1. The second-order valence-electron chi connectivity index (χ2n) is 9.04. The number of fused-ring (bicyclic) bond motifs is 2. The smallest absolute Gasteiger partial charge is 0.314 e. The number of rotatable bonds is 6. The highest BCUT2D eigenvalue weighted by Gasteiger charge is 2.41. The molecule has 1 amide bonds. The van der Waals surface area contributed by atoms with Crippen molar-refractivity contribution >= 4 is 23.2 Å². The zero-order valence-electron chi connectivity index (χ0n) is 20.0. The molecule has 3 aliphatic rings. The Hall–Kier alpha value is -4.51. The van der Waals surface area contributed by atoms with E-state index in [-0.39, 0.29) is 12.5 Å². The third-order valence-electron chi connectivity index (χ3n) is 6.59. The zero-order chi connectivity index (χ0) is 26.9. The molecule has 0 spiro atoms. The molecule has 3 aliphatic heterocycles. The van der Waals surface area contributed by atoms with E-state index >= 15 is 0 Å². The molecular formula is C24H21F3N10O. The van der Waals surface area contributed by atoms with E-state index in [1.165, 1.54) is 23.1 Å². The van der Waals surface area contributed by atoms with Crippen molar-refractivity contribution in [2.24, 2.45) is 15.2 Å². The molecule has 0 aliphatic carbocycles. The fourth-order valence-corrected chi connectivity index (χ4v) is 4.96. The van der Waals surface area contributed by atoms with Gasteiger partial charge in [-0.05, 0) is 52.5 Å². The average Bonchev–Trinajstić information content (AvgIpc) is 3.37. The number of hydrogen-bond donors (Lipinski definition) is 0. The van der Waals surface area contributed by atoms with Crippen LogP contribution < -0.4 is 0 Å². The van der Waals surface area contributed by atoms with E-state index in [2.05, 4.69) is 29.9 Å². The number of alkyl halides is 3. The molecule has 14 heteroatoms. The predicted octanol–water partition coefficient (Wildman–Crippen LogP) is 5.76. The lowest BCUT2D eigenvalue weighted by Gasteiger charge is -2.42. The number of nitrogens with zero attached hydrogens (tertiary/aromatic N) is 10. The van der Waals surface area contributed by atoms with E-state index in [9.17, 15) is 18.0 Å². The zero-order valence-corrected chi connectivity index (χ0v) is 20.0. The fourth-order valence-electron chi connectivity index (χ4n) is 4.96. The van der Waals surface area contributed by atoms with Gasteiger partial charge in [0.15, 0.2) is 0 Å². The maximum atomic E-state index is 13.7. The molecule has 2 aromatic rings. The summed E-state index contributed by atoms with van der Waals surface area (Å²) >= 11 is 0. The number of amides is 1. The van der Waals surface area contributed by atoms with Gasteiger partial charge in [0.1, 0.15) is 0 Å². The van der Waals surface area contributed by atoms with Crippen LogP contribution in [0.15, 0.2) is 69.0 Å². The highest BCUT2D eigenvalue weighted by Crippen LogP contribution is 2.34. The summed E-state index contributed by atoms with van der Waals surface area (Å²) in [5.74, 6) is 0.308. The first kappa shape index (κ1) is 25.2. The van der Waals surface area contributed by atoms with Crippen LogP contribution in [0.25, 0.3) is 20.9 Å². The minimum Gasteiger partial charge on any atom is -0.314 e. The lowest BCUT2D eigenvalue weighted by Crippen LogP contribution is -2.53. The van der Waals surface area contributed by atoms with E-state index in [1.54, 1.807) is 12.1 Å².